The van der Waals surface area contributed by atoms with E-state index in [2.05, 4.69) is 27.4 Å². The van der Waals surface area contributed by atoms with Gasteiger partial charge in [-0.1, -0.05) is 12.1 Å². The third-order valence-corrected chi connectivity index (χ3v) is 5.50. The second-order valence-corrected chi connectivity index (χ2v) is 8.24. The van der Waals surface area contributed by atoms with Crippen molar-refractivity contribution in [2.45, 2.75) is 39.5 Å². The van der Waals surface area contributed by atoms with Gasteiger partial charge in [-0.25, -0.2) is 4.99 Å². The third-order valence-electron chi connectivity index (χ3n) is 5.50. The second kappa shape index (κ2) is 14.0. The van der Waals surface area contributed by atoms with E-state index in [1.165, 1.54) is 0 Å². The van der Waals surface area contributed by atoms with Crippen LogP contribution in [0.3, 0.4) is 0 Å². The number of nitrogens with one attached hydrogen (secondary N) is 2. The first-order chi connectivity index (χ1) is 15.0. The Bertz CT molecular complexity index is 715. The van der Waals surface area contributed by atoms with Crippen LogP contribution in [0.1, 0.15) is 36.7 Å². The zero-order valence-electron chi connectivity index (χ0n) is 19.5. The number of morpholine rings is 2. The molecule has 0 aromatic heterocycles. The standard InChI is InChI=1S/C23H37N5O3.HI/c1-4-24-23(25-9-10-27-11-13-30-14-12-27)26-15-20-5-7-21(8-6-20)22(29)28-16-18(2)31-19(3)17-28;/h5-8,18-19H,4,9-17H2,1-3H3,(H2,24,25,26);1H. The summed E-state index contributed by atoms with van der Waals surface area (Å²) in [7, 11) is 0. The molecule has 1 aromatic carbocycles. The molecule has 0 bridgehead atoms. The maximum Gasteiger partial charge on any atom is 0.254 e. The van der Waals surface area contributed by atoms with Gasteiger partial charge in [-0.2, -0.15) is 0 Å². The molecule has 2 unspecified atom stereocenters. The van der Waals surface area contributed by atoms with Gasteiger partial charge in [0.25, 0.3) is 5.91 Å². The number of halogens is 1. The molecule has 2 aliphatic rings. The van der Waals surface area contributed by atoms with Gasteiger partial charge in [0, 0.05) is 51.4 Å². The molecule has 0 saturated carbocycles. The normalized spacial score (nSPS) is 22.2. The molecule has 2 heterocycles. The van der Waals surface area contributed by atoms with Crippen LogP contribution in [-0.2, 0) is 16.0 Å². The molecule has 0 aliphatic carbocycles. The van der Waals surface area contributed by atoms with Crippen molar-refractivity contribution < 1.29 is 14.3 Å². The average Bonchev–Trinajstić information content (AvgIpc) is 2.77. The van der Waals surface area contributed by atoms with E-state index in [4.69, 9.17) is 9.47 Å². The number of carbonyl (C=O) groups is 1. The first-order valence-corrected chi connectivity index (χ1v) is 11.4. The van der Waals surface area contributed by atoms with Gasteiger partial charge < -0.3 is 25.0 Å². The van der Waals surface area contributed by atoms with Gasteiger partial charge in [0.1, 0.15) is 0 Å². The van der Waals surface area contributed by atoms with E-state index in [1.807, 2.05) is 43.0 Å². The minimum atomic E-state index is 0. The first-order valence-electron chi connectivity index (χ1n) is 11.4. The van der Waals surface area contributed by atoms with Crippen LogP contribution in [0.4, 0.5) is 0 Å². The van der Waals surface area contributed by atoms with Crippen LogP contribution in [0.5, 0.6) is 0 Å². The minimum Gasteiger partial charge on any atom is -0.379 e. The molecule has 3 rings (SSSR count). The van der Waals surface area contributed by atoms with E-state index in [-0.39, 0.29) is 42.1 Å². The number of aliphatic imine (C=N–C) groups is 1. The molecule has 1 aromatic rings. The predicted octanol–water partition coefficient (Wildman–Crippen LogP) is 1.94. The Hall–Kier alpha value is -1.43. The van der Waals surface area contributed by atoms with E-state index in [0.717, 1.165) is 57.5 Å². The Morgan fingerprint density at radius 3 is 2.38 bits per heavy atom. The van der Waals surface area contributed by atoms with Gasteiger partial charge >= 0.3 is 0 Å². The Labute approximate surface area is 209 Å². The first kappa shape index (κ1) is 26.8. The molecule has 0 radical (unpaired) electrons. The number of guanidine groups is 1. The highest BCUT2D eigenvalue weighted by Gasteiger charge is 2.26. The second-order valence-electron chi connectivity index (χ2n) is 8.24. The highest BCUT2D eigenvalue weighted by molar-refractivity contribution is 14.0. The van der Waals surface area contributed by atoms with Gasteiger partial charge in [-0.3, -0.25) is 9.69 Å². The largest absolute Gasteiger partial charge is 0.379 e. The number of carbonyl (C=O) groups excluding carboxylic acids is 1. The van der Waals surface area contributed by atoms with Crippen LogP contribution in [0.15, 0.2) is 29.3 Å². The van der Waals surface area contributed by atoms with Crippen molar-refractivity contribution >= 4 is 35.8 Å². The number of benzene rings is 1. The number of nitrogens with zero attached hydrogens (tertiary/aromatic N) is 3. The Kier molecular flexibility index (Phi) is 11.7. The van der Waals surface area contributed by atoms with Crippen molar-refractivity contribution in [2.24, 2.45) is 4.99 Å². The molecule has 8 nitrogen and oxygen atoms in total. The van der Waals surface area contributed by atoms with Crippen molar-refractivity contribution in [3.05, 3.63) is 35.4 Å². The number of ether oxygens (including phenoxy) is 2. The SMILES string of the molecule is CCNC(=NCc1ccc(C(=O)N2CC(C)OC(C)C2)cc1)NCCN1CCOCC1.I. The van der Waals surface area contributed by atoms with Crippen LogP contribution in [0.25, 0.3) is 0 Å². The molecular weight excluding hydrogens is 521 g/mol. The van der Waals surface area contributed by atoms with E-state index in [0.29, 0.717) is 25.2 Å². The van der Waals surface area contributed by atoms with Gasteiger partial charge in [0.15, 0.2) is 5.96 Å². The predicted molar refractivity (Wildman–Crippen MR) is 138 cm³/mol. The highest BCUT2D eigenvalue weighted by atomic mass is 127. The molecule has 9 heteroatoms. The van der Waals surface area contributed by atoms with E-state index >= 15 is 0 Å². The molecule has 2 fully saturated rings. The summed E-state index contributed by atoms with van der Waals surface area (Å²) in [4.78, 5) is 21.8. The van der Waals surface area contributed by atoms with Gasteiger partial charge in [-0.15, -0.1) is 24.0 Å². The van der Waals surface area contributed by atoms with E-state index < -0.39 is 0 Å². The fourth-order valence-electron chi connectivity index (χ4n) is 3.95. The average molecular weight is 559 g/mol. The van der Waals surface area contributed by atoms with Crippen molar-refractivity contribution in [2.75, 3.05) is 59.0 Å². The molecular formula is C23H38IN5O3. The summed E-state index contributed by atoms with van der Waals surface area (Å²) in [5.74, 6) is 0.877. The lowest BCUT2D eigenvalue weighted by Crippen LogP contribution is -2.48. The lowest BCUT2D eigenvalue weighted by molar-refractivity contribution is -0.0586. The summed E-state index contributed by atoms with van der Waals surface area (Å²) in [5.41, 5.74) is 1.79. The van der Waals surface area contributed by atoms with Gasteiger partial charge in [0.2, 0.25) is 0 Å². The summed E-state index contributed by atoms with van der Waals surface area (Å²) in [6.45, 7) is 14.2. The molecule has 180 valence electrons. The van der Waals surface area contributed by atoms with Crippen molar-refractivity contribution in [3.8, 4) is 0 Å². The fourth-order valence-corrected chi connectivity index (χ4v) is 3.95. The smallest absolute Gasteiger partial charge is 0.254 e. The van der Waals surface area contributed by atoms with Crippen LogP contribution in [0, 0.1) is 0 Å². The van der Waals surface area contributed by atoms with Crippen molar-refractivity contribution in [1.29, 1.82) is 0 Å². The number of amides is 1. The molecule has 0 spiro atoms. The van der Waals surface area contributed by atoms with Crippen LogP contribution in [0.2, 0.25) is 0 Å². The topological polar surface area (TPSA) is 78.4 Å². The third kappa shape index (κ3) is 8.49. The summed E-state index contributed by atoms with van der Waals surface area (Å²) in [6, 6.07) is 7.77. The van der Waals surface area contributed by atoms with Gasteiger partial charge in [0.05, 0.1) is 32.0 Å². The van der Waals surface area contributed by atoms with Crippen LogP contribution < -0.4 is 10.6 Å². The molecule has 2 atom stereocenters. The molecule has 2 aliphatic heterocycles. The Balaban J connectivity index is 0.00000363. The Morgan fingerprint density at radius 1 is 1.09 bits per heavy atom. The summed E-state index contributed by atoms with van der Waals surface area (Å²) < 4.78 is 11.1. The van der Waals surface area contributed by atoms with E-state index in [9.17, 15) is 4.79 Å². The summed E-state index contributed by atoms with van der Waals surface area (Å²) >= 11 is 0. The fraction of sp³-hybridized carbons (Fsp3) is 0.652. The van der Waals surface area contributed by atoms with Crippen LogP contribution >= 0.6 is 24.0 Å². The van der Waals surface area contributed by atoms with Gasteiger partial charge in [-0.05, 0) is 38.5 Å². The molecule has 32 heavy (non-hydrogen) atoms. The Morgan fingerprint density at radius 2 is 1.75 bits per heavy atom. The molecule has 2 saturated heterocycles. The quantitative estimate of drug-likeness (QED) is 0.302. The van der Waals surface area contributed by atoms with Crippen molar-refractivity contribution in [3.63, 3.8) is 0 Å². The minimum absolute atomic E-state index is 0. The maximum atomic E-state index is 12.8. The van der Waals surface area contributed by atoms with Crippen LogP contribution in [-0.4, -0.2) is 92.9 Å². The number of rotatable bonds is 7. The zero-order valence-corrected chi connectivity index (χ0v) is 21.8. The molecule has 1 amide bonds. The lowest BCUT2D eigenvalue weighted by Gasteiger charge is -2.35. The monoisotopic (exact) mass is 559 g/mol. The number of hydrogen-bond donors (Lipinski definition) is 2. The highest BCUT2D eigenvalue weighted by Crippen LogP contribution is 2.15. The van der Waals surface area contributed by atoms with E-state index in [1.54, 1.807) is 0 Å². The lowest BCUT2D eigenvalue weighted by atomic mass is 10.1. The molecule has 2 N–H and O–H groups in total. The maximum absolute atomic E-state index is 12.8. The summed E-state index contributed by atoms with van der Waals surface area (Å²) in [6.07, 6.45) is 0.142. The number of hydrogen-bond acceptors (Lipinski definition) is 5. The zero-order chi connectivity index (χ0) is 22.1. The van der Waals surface area contributed by atoms with Crippen molar-refractivity contribution in [1.82, 2.24) is 20.4 Å². The summed E-state index contributed by atoms with van der Waals surface area (Å²) in [5, 5.41) is 6.70.